The van der Waals surface area contributed by atoms with Crippen LogP contribution in [0.25, 0.3) is 33.1 Å². The molecule has 0 saturated heterocycles. The van der Waals surface area contributed by atoms with Gasteiger partial charge in [-0.1, -0.05) is 18.2 Å². The molecule has 6 nitrogen and oxygen atoms in total. The Bertz CT molecular complexity index is 1400. The Morgan fingerprint density at radius 3 is 2.53 bits per heavy atom. The quantitative estimate of drug-likeness (QED) is 0.428. The lowest BCUT2D eigenvalue weighted by atomic mass is 9.96. The summed E-state index contributed by atoms with van der Waals surface area (Å²) in [6.45, 7) is 2.22. The SMILES string of the molecule is Cl.Cl.NCCCc1c2c(nc3cc4c(cc13)OCCO4)-c1cc3ccccc3c(=O)n1C2. The van der Waals surface area contributed by atoms with Gasteiger partial charge >= 0.3 is 0 Å². The highest BCUT2D eigenvalue weighted by molar-refractivity contribution is 5.92. The molecule has 2 aliphatic rings. The minimum Gasteiger partial charge on any atom is -0.486 e. The molecule has 2 aliphatic heterocycles. The molecule has 0 atom stereocenters. The van der Waals surface area contributed by atoms with Crippen LogP contribution >= 0.6 is 24.8 Å². The van der Waals surface area contributed by atoms with E-state index in [2.05, 4.69) is 6.07 Å². The number of nitrogens with zero attached hydrogens (tertiary/aromatic N) is 2. The first-order valence-electron chi connectivity index (χ1n) is 10.3. The van der Waals surface area contributed by atoms with Crippen molar-refractivity contribution in [3.8, 4) is 22.9 Å². The molecule has 2 aromatic carbocycles. The van der Waals surface area contributed by atoms with Gasteiger partial charge in [0.2, 0.25) is 0 Å². The maximum Gasteiger partial charge on any atom is 0.259 e. The Morgan fingerprint density at radius 2 is 1.75 bits per heavy atom. The van der Waals surface area contributed by atoms with Crippen LogP contribution in [0.5, 0.6) is 11.5 Å². The number of hydrogen-bond acceptors (Lipinski definition) is 5. The first kappa shape index (κ1) is 22.4. The third-order valence-electron chi connectivity index (χ3n) is 6.08. The summed E-state index contributed by atoms with van der Waals surface area (Å²) in [5, 5.41) is 2.73. The van der Waals surface area contributed by atoms with Gasteiger partial charge in [0.25, 0.3) is 5.56 Å². The van der Waals surface area contributed by atoms with Crippen LogP contribution in [-0.4, -0.2) is 29.3 Å². The Hall–Kier alpha value is -2.80. The summed E-state index contributed by atoms with van der Waals surface area (Å²) in [5.74, 6) is 1.47. The van der Waals surface area contributed by atoms with Gasteiger partial charge in [0.1, 0.15) is 13.2 Å². The van der Waals surface area contributed by atoms with Gasteiger partial charge in [0.05, 0.1) is 23.4 Å². The van der Waals surface area contributed by atoms with Crippen LogP contribution in [0.2, 0.25) is 0 Å². The number of ether oxygens (including phenoxy) is 2. The maximum absolute atomic E-state index is 13.2. The van der Waals surface area contributed by atoms with Crippen molar-refractivity contribution in [2.75, 3.05) is 19.8 Å². The largest absolute Gasteiger partial charge is 0.486 e. The minimum atomic E-state index is 0. The van der Waals surface area contributed by atoms with E-state index in [1.54, 1.807) is 0 Å². The zero-order chi connectivity index (χ0) is 20.2. The van der Waals surface area contributed by atoms with Crippen molar-refractivity contribution in [3.05, 3.63) is 63.9 Å². The van der Waals surface area contributed by atoms with Gasteiger partial charge in [-0.3, -0.25) is 4.79 Å². The Kier molecular flexibility index (Phi) is 6.03. The van der Waals surface area contributed by atoms with Crippen LogP contribution in [0.15, 0.2) is 47.3 Å². The second kappa shape index (κ2) is 8.62. The number of fused-ring (bicyclic) bond motifs is 6. The van der Waals surface area contributed by atoms with E-state index in [4.69, 9.17) is 20.2 Å². The molecule has 4 aromatic rings. The van der Waals surface area contributed by atoms with E-state index in [1.807, 2.05) is 41.0 Å². The number of pyridine rings is 2. The van der Waals surface area contributed by atoms with Crippen molar-refractivity contribution in [2.24, 2.45) is 5.73 Å². The summed E-state index contributed by atoms with van der Waals surface area (Å²) < 4.78 is 13.4. The van der Waals surface area contributed by atoms with Crippen LogP contribution in [0.3, 0.4) is 0 Å². The summed E-state index contributed by atoms with van der Waals surface area (Å²) >= 11 is 0. The highest BCUT2D eigenvalue weighted by Gasteiger charge is 2.27. The second-order valence-electron chi connectivity index (χ2n) is 7.83. The fourth-order valence-corrected chi connectivity index (χ4v) is 4.66. The Labute approximate surface area is 197 Å². The summed E-state index contributed by atoms with van der Waals surface area (Å²) in [7, 11) is 0. The van der Waals surface area contributed by atoms with Crippen LogP contribution in [0, 0.1) is 0 Å². The molecule has 6 rings (SSSR count). The van der Waals surface area contributed by atoms with E-state index in [0.29, 0.717) is 26.3 Å². The molecule has 0 spiro atoms. The molecule has 0 bridgehead atoms. The number of benzene rings is 2. The summed E-state index contributed by atoms with van der Waals surface area (Å²) in [5.41, 5.74) is 10.8. The molecule has 2 N–H and O–H groups in total. The molecular formula is C24H23Cl2N3O3. The van der Waals surface area contributed by atoms with E-state index >= 15 is 0 Å². The first-order chi connectivity index (χ1) is 14.7. The Morgan fingerprint density at radius 1 is 1.00 bits per heavy atom. The number of halogens is 2. The molecule has 0 unspecified atom stereocenters. The molecule has 166 valence electrons. The lowest BCUT2D eigenvalue weighted by Crippen LogP contribution is -2.19. The molecule has 0 saturated carbocycles. The van der Waals surface area contributed by atoms with Crippen LogP contribution in [-0.2, 0) is 13.0 Å². The molecule has 8 heteroatoms. The third kappa shape index (κ3) is 3.30. The highest BCUT2D eigenvalue weighted by atomic mass is 35.5. The number of aryl methyl sites for hydroxylation is 1. The number of aromatic nitrogens is 2. The number of rotatable bonds is 3. The van der Waals surface area contributed by atoms with Crippen molar-refractivity contribution in [1.82, 2.24) is 9.55 Å². The van der Waals surface area contributed by atoms with Crippen molar-refractivity contribution in [1.29, 1.82) is 0 Å². The lowest BCUT2D eigenvalue weighted by molar-refractivity contribution is 0.172. The van der Waals surface area contributed by atoms with E-state index in [1.165, 1.54) is 5.56 Å². The van der Waals surface area contributed by atoms with Crippen molar-refractivity contribution >= 4 is 46.5 Å². The smallest absolute Gasteiger partial charge is 0.259 e. The molecule has 0 radical (unpaired) electrons. The first-order valence-corrected chi connectivity index (χ1v) is 10.3. The minimum absolute atomic E-state index is 0. The molecule has 0 fully saturated rings. The zero-order valence-electron chi connectivity index (χ0n) is 17.3. The van der Waals surface area contributed by atoms with E-state index in [9.17, 15) is 4.79 Å². The van der Waals surface area contributed by atoms with Crippen molar-refractivity contribution in [2.45, 2.75) is 19.4 Å². The standard InChI is InChI=1S/C24H21N3O3.2ClH/c25-7-3-6-16-17-11-21-22(30-9-8-29-21)12-19(17)26-23-18(16)13-27-20(23)10-14-4-1-2-5-15(14)24(27)28;;/h1-2,4-5,10-12H,3,6-9,13,25H2;2*1H. The Balaban J connectivity index is 0.00000122. The molecule has 4 heterocycles. The normalized spacial score (nSPS) is 13.3. The average Bonchev–Trinajstić information content (AvgIpc) is 3.14. The third-order valence-corrected chi connectivity index (χ3v) is 6.08. The van der Waals surface area contributed by atoms with Gasteiger partial charge in [-0.15, -0.1) is 24.8 Å². The van der Waals surface area contributed by atoms with E-state index in [-0.39, 0.29) is 30.4 Å². The summed E-state index contributed by atoms with van der Waals surface area (Å²) in [6.07, 6.45) is 1.70. The average molecular weight is 472 g/mol. The molecular weight excluding hydrogens is 449 g/mol. The molecule has 0 amide bonds. The monoisotopic (exact) mass is 471 g/mol. The van der Waals surface area contributed by atoms with E-state index in [0.717, 1.165) is 63.0 Å². The number of nitrogens with two attached hydrogens (primary N) is 1. The fraction of sp³-hybridized carbons (Fsp3) is 0.250. The number of hydrogen-bond donors (Lipinski definition) is 1. The maximum atomic E-state index is 13.2. The van der Waals surface area contributed by atoms with Crippen LogP contribution in [0.1, 0.15) is 17.5 Å². The van der Waals surface area contributed by atoms with Crippen molar-refractivity contribution in [3.63, 3.8) is 0 Å². The summed E-state index contributed by atoms with van der Waals surface area (Å²) in [4.78, 5) is 18.2. The highest BCUT2D eigenvalue weighted by Crippen LogP contribution is 2.41. The fourth-order valence-electron chi connectivity index (χ4n) is 4.66. The summed E-state index contributed by atoms with van der Waals surface area (Å²) in [6, 6.07) is 13.8. The zero-order valence-corrected chi connectivity index (χ0v) is 18.9. The van der Waals surface area contributed by atoms with Crippen molar-refractivity contribution < 1.29 is 9.47 Å². The van der Waals surface area contributed by atoms with Gasteiger partial charge in [-0.05, 0) is 48.5 Å². The molecule has 2 aromatic heterocycles. The van der Waals surface area contributed by atoms with Crippen LogP contribution in [0.4, 0.5) is 0 Å². The molecule has 0 aliphatic carbocycles. The second-order valence-corrected chi connectivity index (χ2v) is 7.83. The van der Waals surface area contributed by atoms with Gasteiger partial charge in [0, 0.05) is 22.4 Å². The topological polar surface area (TPSA) is 79.4 Å². The van der Waals surface area contributed by atoms with Gasteiger partial charge in [-0.25, -0.2) is 4.98 Å². The van der Waals surface area contributed by atoms with Gasteiger partial charge in [-0.2, -0.15) is 0 Å². The van der Waals surface area contributed by atoms with Gasteiger partial charge < -0.3 is 19.8 Å². The van der Waals surface area contributed by atoms with Crippen LogP contribution < -0.4 is 20.8 Å². The predicted molar refractivity (Wildman–Crippen MR) is 131 cm³/mol. The molecule has 32 heavy (non-hydrogen) atoms. The van der Waals surface area contributed by atoms with E-state index < -0.39 is 0 Å². The van der Waals surface area contributed by atoms with Gasteiger partial charge in [0.15, 0.2) is 11.5 Å². The predicted octanol–water partition coefficient (Wildman–Crippen LogP) is 4.08. The lowest BCUT2D eigenvalue weighted by Gasteiger charge is -2.20.